The Morgan fingerprint density at radius 2 is 2.42 bits per heavy atom. The van der Waals surface area contributed by atoms with Crippen molar-refractivity contribution in [2.24, 2.45) is 0 Å². The lowest BCUT2D eigenvalue weighted by Crippen LogP contribution is -2.24. The number of fused-ring (bicyclic) bond motifs is 1. The van der Waals surface area contributed by atoms with Crippen LogP contribution < -0.4 is 5.32 Å². The highest BCUT2D eigenvalue weighted by Crippen LogP contribution is 2.38. The summed E-state index contributed by atoms with van der Waals surface area (Å²) in [4.78, 5) is 6.47. The lowest BCUT2D eigenvalue weighted by molar-refractivity contribution is 0.0754. The maximum Gasteiger partial charge on any atom is 0.123 e. The molecule has 1 aliphatic heterocycles. The van der Waals surface area contributed by atoms with Crippen LogP contribution in [0.2, 0.25) is 0 Å². The molecule has 5 heteroatoms. The summed E-state index contributed by atoms with van der Waals surface area (Å²) in [6, 6.07) is 0. The number of aromatic nitrogens is 1. The van der Waals surface area contributed by atoms with Crippen LogP contribution in [0.4, 0.5) is 0 Å². The van der Waals surface area contributed by atoms with E-state index in [0.29, 0.717) is 5.92 Å². The van der Waals surface area contributed by atoms with Crippen molar-refractivity contribution in [2.75, 3.05) is 31.2 Å². The van der Waals surface area contributed by atoms with E-state index in [1.807, 2.05) is 23.1 Å². The van der Waals surface area contributed by atoms with Crippen LogP contribution in [-0.4, -0.2) is 36.2 Å². The average Bonchev–Trinajstić information content (AvgIpc) is 2.90. The van der Waals surface area contributed by atoms with Gasteiger partial charge in [0.1, 0.15) is 11.1 Å². The number of nitrogens with zero attached hydrogens (tertiary/aromatic N) is 1. The minimum Gasteiger partial charge on any atom is -0.369 e. The molecule has 3 nitrogen and oxygen atoms in total. The number of nitrogens with one attached hydrogen (secondary N) is 1. The highest BCUT2D eigenvalue weighted by molar-refractivity contribution is 7.99. The van der Waals surface area contributed by atoms with Crippen LogP contribution in [-0.2, 0) is 11.2 Å². The fourth-order valence-electron chi connectivity index (χ4n) is 2.81. The van der Waals surface area contributed by atoms with E-state index in [1.165, 1.54) is 34.8 Å². The summed E-state index contributed by atoms with van der Waals surface area (Å²) >= 11 is 3.89. The summed E-state index contributed by atoms with van der Waals surface area (Å²) in [5.74, 6) is 2.82. The first kappa shape index (κ1) is 13.9. The molecule has 0 aromatic carbocycles. The van der Waals surface area contributed by atoms with E-state index in [-0.39, 0.29) is 6.10 Å². The number of rotatable bonds is 4. The molecule has 1 saturated heterocycles. The molecule has 2 atom stereocenters. The second-order valence-electron chi connectivity index (χ2n) is 5.19. The van der Waals surface area contributed by atoms with Gasteiger partial charge >= 0.3 is 0 Å². The maximum absolute atomic E-state index is 5.87. The Labute approximate surface area is 123 Å². The lowest BCUT2D eigenvalue weighted by Gasteiger charge is -2.21. The van der Waals surface area contributed by atoms with E-state index in [0.717, 1.165) is 31.2 Å². The van der Waals surface area contributed by atoms with Gasteiger partial charge in [0.25, 0.3) is 0 Å². The van der Waals surface area contributed by atoms with Gasteiger partial charge in [-0.25, -0.2) is 4.98 Å². The number of thiazole rings is 1. The fourth-order valence-corrected chi connectivity index (χ4v) is 5.01. The standard InChI is InChI=1S/C14H22N2OS2/c1-2-15-8-10-4-3-5-12-13(10)16-14(19-12)11-9-18-7-6-17-11/h10-11,15H,2-9H2,1H3. The molecule has 2 aliphatic rings. The Hall–Kier alpha value is -0.100. The molecular formula is C14H22N2OS2. The summed E-state index contributed by atoms with van der Waals surface area (Å²) in [6.07, 6.45) is 4.05. The molecule has 2 unspecified atom stereocenters. The van der Waals surface area contributed by atoms with Crippen LogP contribution in [0.3, 0.4) is 0 Å². The first-order chi connectivity index (χ1) is 9.38. The first-order valence-electron chi connectivity index (χ1n) is 7.28. The van der Waals surface area contributed by atoms with Crippen LogP contribution in [0.5, 0.6) is 0 Å². The molecule has 106 valence electrons. The van der Waals surface area contributed by atoms with Crippen molar-refractivity contribution >= 4 is 23.1 Å². The molecule has 1 aromatic rings. The largest absolute Gasteiger partial charge is 0.369 e. The predicted octanol–water partition coefficient (Wildman–Crippen LogP) is 2.98. The summed E-state index contributed by atoms with van der Waals surface area (Å²) in [5, 5.41) is 4.70. The van der Waals surface area contributed by atoms with E-state index in [4.69, 9.17) is 9.72 Å². The van der Waals surface area contributed by atoms with Crippen LogP contribution in [0, 0.1) is 0 Å². The van der Waals surface area contributed by atoms with Crippen LogP contribution in [0.25, 0.3) is 0 Å². The quantitative estimate of drug-likeness (QED) is 0.926. The molecule has 1 fully saturated rings. The van der Waals surface area contributed by atoms with Crippen LogP contribution in [0.15, 0.2) is 0 Å². The molecule has 0 amide bonds. The number of thioether (sulfide) groups is 1. The molecule has 1 aliphatic carbocycles. The molecule has 19 heavy (non-hydrogen) atoms. The predicted molar refractivity (Wildman–Crippen MR) is 82.4 cm³/mol. The van der Waals surface area contributed by atoms with Crippen molar-refractivity contribution in [3.8, 4) is 0 Å². The smallest absolute Gasteiger partial charge is 0.123 e. The third-order valence-electron chi connectivity index (χ3n) is 3.82. The Kier molecular flexibility index (Phi) is 4.79. The van der Waals surface area contributed by atoms with Crippen LogP contribution in [0.1, 0.15) is 47.4 Å². The molecule has 1 N–H and O–H groups in total. The van der Waals surface area contributed by atoms with Crippen molar-refractivity contribution in [2.45, 2.75) is 38.2 Å². The number of hydrogen-bond acceptors (Lipinski definition) is 5. The number of aryl methyl sites for hydroxylation is 1. The molecule has 0 radical (unpaired) electrons. The molecule has 2 heterocycles. The summed E-state index contributed by atoms with van der Waals surface area (Å²) < 4.78 is 5.87. The van der Waals surface area contributed by atoms with Crippen molar-refractivity contribution < 1.29 is 4.74 Å². The summed E-state index contributed by atoms with van der Waals surface area (Å²) in [6.45, 7) is 5.17. The summed E-state index contributed by atoms with van der Waals surface area (Å²) in [7, 11) is 0. The fraction of sp³-hybridized carbons (Fsp3) is 0.786. The zero-order chi connectivity index (χ0) is 13.1. The van der Waals surface area contributed by atoms with Crippen molar-refractivity contribution in [3.63, 3.8) is 0 Å². The second-order valence-corrected chi connectivity index (χ2v) is 7.46. The number of hydrogen-bond donors (Lipinski definition) is 1. The van der Waals surface area contributed by atoms with Crippen molar-refractivity contribution in [1.82, 2.24) is 10.3 Å². The summed E-state index contributed by atoms with van der Waals surface area (Å²) in [5.41, 5.74) is 1.37. The van der Waals surface area contributed by atoms with Crippen molar-refractivity contribution in [3.05, 3.63) is 15.6 Å². The Morgan fingerprint density at radius 1 is 1.47 bits per heavy atom. The van der Waals surface area contributed by atoms with Gasteiger partial charge in [-0.2, -0.15) is 11.8 Å². The van der Waals surface area contributed by atoms with E-state index in [1.54, 1.807) is 0 Å². The number of ether oxygens (including phenoxy) is 1. The lowest BCUT2D eigenvalue weighted by atomic mass is 9.91. The van der Waals surface area contributed by atoms with E-state index >= 15 is 0 Å². The maximum atomic E-state index is 5.87. The number of likely N-dealkylation sites (N-methyl/N-ethyl adjacent to an activating group) is 1. The highest BCUT2D eigenvalue weighted by Gasteiger charge is 2.28. The minimum atomic E-state index is 0.245. The zero-order valence-electron chi connectivity index (χ0n) is 11.5. The van der Waals surface area contributed by atoms with Crippen LogP contribution >= 0.6 is 23.1 Å². The Morgan fingerprint density at radius 3 is 3.21 bits per heavy atom. The van der Waals surface area contributed by atoms with E-state index in [2.05, 4.69) is 12.2 Å². The Balaban J connectivity index is 1.76. The van der Waals surface area contributed by atoms with Gasteiger partial charge in [-0.3, -0.25) is 0 Å². The highest BCUT2D eigenvalue weighted by atomic mass is 32.2. The van der Waals surface area contributed by atoms with Gasteiger partial charge in [0.05, 0.1) is 12.3 Å². The molecule has 0 bridgehead atoms. The van der Waals surface area contributed by atoms with Gasteiger partial charge in [-0.05, 0) is 25.8 Å². The van der Waals surface area contributed by atoms with Gasteiger partial charge in [-0.1, -0.05) is 6.92 Å². The normalized spacial score (nSPS) is 27.2. The molecular weight excluding hydrogens is 276 g/mol. The molecule has 3 rings (SSSR count). The van der Waals surface area contributed by atoms with E-state index < -0.39 is 0 Å². The third kappa shape index (κ3) is 3.15. The average molecular weight is 298 g/mol. The third-order valence-corrected chi connectivity index (χ3v) is 6.04. The molecule has 0 saturated carbocycles. The van der Waals surface area contributed by atoms with Gasteiger partial charge in [0.15, 0.2) is 0 Å². The van der Waals surface area contributed by atoms with Gasteiger partial charge in [0.2, 0.25) is 0 Å². The van der Waals surface area contributed by atoms with Gasteiger partial charge < -0.3 is 10.1 Å². The van der Waals surface area contributed by atoms with Crippen molar-refractivity contribution in [1.29, 1.82) is 0 Å². The first-order valence-corrected chi connectivity index (χ1v) is 9.25. The second kappa shape index (κ2) is 6.57. The monoisotopic (exact) mass is 298 g/mol. The molecule has 0 spiro atoms. The van der Waals surface area contributed by atoms with Gasteiger partial charge in [-0.15, -0.1) is 11.3 Å². The topological polar surface area (TPSA) is 34.1 Å². The zero-order valence-corrected chi connectivity index (χ0v) is 13.1. The Bertz CT molecular complexity index is 416. The SMILES string of the molecule is CCNCC1CCCc2sc(C3CSCCO3)nc21. The van der Waals surface area contributed by atoms with E-state index in [9.17, 15) is 0 Å². The van der Waals surface area contributed by atoms with Gasteiger partial charge in [0, 0.05) is 28.8 Å². The molecule has 1 aromatic heterocycles. The minimum absolute atomic E-state index is 0.245.